The Labute approximate surface area is 125 Å². The predicted octanol–water partition coefficient (Wildman–Crippen LogP) is -0.383. The smallest absolute Gasteiger partial charge is 0.409 e. The van der Waals surface area contributed by atoms with Crippen LogP contribution in [0.1, 0.15) is 20.3 Å². The van der Waals surface area contributed by atoms with E-state index in [4.69, 9.17) is 4.74 Å². The van der Waals surface area contributed by atoms with Crippen molar-refractivity contribution in [3.8, 4) is 0 Å². The summed E-state index contributed by atoms with van der Waals surface area (Å²) in [5.41, 5.74) is 0. The molecule has 1 fully saturated rings. The van der Waals surface area contributed by atoms with E-state index in [9.17, 15) is 18.0 Å². The Morgan fingerprint density at radius 3 is 2.29 bits per heavy atom. The number of carbonyl (C=O) groups excluding carboxylic acids is 2. The molecule has 0 saturated carbocycles. The number of amides is 2. The van der Waals surface area contributed by atoms with Gasteiger partial charge in [0.2, 0.25) is 15.9 Å². The lowest BCUT2D eigenvalue weighted by Gasteiger charge is -2.33. The van der Waals surface area contributed by atoms with Crippen molar-refractivity contribution in [3.63, 3.8) is 0 Å². The minimum atomic E-state index is -3.41. The third kappa shape index (κ3) is 5.50. The van der Waals surface area contributed by atoms with Crippen LogP contribution in [0.5, 0.6) is 0 Å². The van der Waals surface area contributed by atoms with Gasteiger partial charge in [-0.05, 0) is 6.92 Å². The summed E-state index contributed by atoms with van der Waals surface area (Å²) in [4.78, 5) is 24.1. The Balaban J connectivity index is 2.41. The molecule has 1 saturated heterocycles. The van der Waals surface area contributed by atoms with E-state index in [0.717, 1.165) is 0 Å². The van der Waals surface area contributed by atoms with E-state index < -0.39 is 16.1 Å². The maximum Gasteiger partial charge on any atom is 0.409 e. The van der Waals surface area contributed by atoms with Gasteiger partial charge >= 0.3 is 6.09 Å². The molecular weight excluding hydrogens is 298 g/mol. The minimum absolute atomic E-state index is 0.104. The second-order valence-electron chi connectivity index (χ2n) is 4.60. The molecule has 21 heavy (non-hydrogen) atoms. The van der Waals surface area contributed by atoms with Crippen molar-refractivity contribution in [2.75, 3.05) is 45.1 Å². The number of hydrogen-bond acceptors (Lipinski definition) is 5. The maximum absolute atomic E-state index is 12.1. The van der Waals surface area contributed by atoms with E-state index >= 15 is 0 Å². The van der Waals surface area contributed by atoms with E-state index in [1.807, 2.05) is 0 Å². The summed E-state index contributed by atoms with van der Waals surface area (Å²) in [7, 11) is -3.41. The van der Waals surface area contributed by atoms with Crippen molar-refractivity contribution in [1.29, 1.82) is 0 Å². The van der Waals surface area contributed by atoms with Gasteiger partial charge in [0.1, 0.15) is 0 Å². The average Bonchev–Trinajstić information content (AvgIpc) is 2.47. The van der Waals surface area contributed by atoms with Crippen molar-refractivity contribution < 1.29 is 22.7 Å². The largest absolute Gasteiger partial charge is 0.450 e. The molecule has 0 atom stereocenters. The van der Waals surface area contributed by atoms with E-state index in [-0.39, 0.29) is 31.3 Å². The molecule has 0 aromatic heterocycles. The third-order valence-corrected chi connectivity index (χ3v) is 5.03. The van der Waals surface area contributed by atoms with Gasteiger partial charge in [-0.2, -0.15) is 4.31 Å². The van der Waals surface area contributed by atoms with Crippen LogP contribution in [0.25, 0.3) is 0 Å². The first-order valence-electron chi connectivity index (χ1n) is 7.07. The molecule has 0 spiro atoms. The van der Waals surface area contributed by atoms with Gasteiger partial charge in [0, 0.05) is 39.1 Å². The summed E-state index contributed by atoms with van der Waals surface area (Å²) in [6, 6.07) is 0. The number of nitrogens with zero attached hydrogens (tertiary/aromatic N) is 2. The van der Waals surface area contributed by atoms with Crippen molar-refractivity contribution in [1.82, 2.24) is 14.5 Å². The van der Waals surface area contributed by atoms with E-state index in [2.05, 4.69) is 5.32 Å². The molecule has 8 nitrogen and oxygen atoms in total. The fourth-order valence-corrected chi connectivity index (χ4v) is 3.27. The number of sulfonamides is 1. The second kappa shape index (κ2) is 8.18. The van der Waals surface area contributed by atoms with Gasteiger partial charge in [-0.3, -0.25) is 4.79 Å². The van der Waals surface area contributed by atoms with Crippen LogP contribution in [0.2, 0.25) is 0 Å². The highest BCUT2D eigenvalue weighted by atomic mass is 32.2. The van der Waals surface area contributed by atoms with Crippen molar-refractivity contribution in [2.24, 2.45) is 0 Å². The van der Waals surface area contributed by atoms with Crippen molar-refractivity contribution in [3.05, 3.63) is 0 Å². The number of nitrogens with one attached hydrogen (secondary N) is 1. The van der Waals surface area contributed by atoms with E-state index in [1.165, 1.54) is 9.21 Å². The summed E-state index contributed by atoms with van der Waals surface area (Å²) in [6.07, 6.45) is -0.0807. The molecule has 122 valence electrons. The highest BCUT2D eigenvalue weighted by Crippen LogP contribution is 2.09. The molecule has 1 aliphatic heterocycles. The van der Waals surface area contributed by atoms with Gasteiger partial charge in [0.15, 0.2) is 0 Å². The van der Waals surface area contributed by atoms with Gasteiger partial charge in [-0.25, -0.2) is 13.2 Å². The molecule has 1 heterocycles. The van der Waals surface area contributed by atoms with Crippen molar-refractivity contribution in [2.45, 2.75) is 20.3 Å². The zero-order chi connectivity index (χ0) is 15.9. The van der Waals surface area contributed by atoms with Gasteiger partial charge < -0.3 is 15.0 Å². The fourth-order valence-electron chi connectivity index (χ4n) is 1.94. The first kappa shape index (κ1) is 17.7. The summed E-state index contributed by atoms with van der Waals surface area (Å²) < 4.78 is 30.4. The van der Waals surface area contributed by atoms with Gasteiger partial charge in [0.05, 0.1) is 12.4 Å². The van der Waals surface area contributed by atoms with Gasteiger partial charge in [-0.1, -0.05) is 6.92 Å². The SMILES string of the molecule is CCOC(=O)N1CCN(S(=O)(=O)CCNC(=O)CC)CC1. The van der Waals surface area contributed by atoms with Crippen LogP contribution in [0.15, 0.2) is 0 Å². The van der Waals surface area contributed by atoms with Crippen LogP contribution >= 0.6 is 0 Å². The zero-order valence-corrected chi connectivity index (χ0v) is 13.3. The Hall–Kier alpha value is -1.35. The molecule has 0 radical (unpaired) electrons. The summed E-state index contributed by atoms with van der Waals surface area (Å²) in [5.74, 6) is -0.296. The molecule has 2 amide bonds. The van der Waals surface area contributed by atoms with Crippen LogP contribution in [0.3, 0.4) is 0 Å². The van der Waals surface area contributed by atoms with Crippen LogP contribution in [-0.4, -0.2) is 74.7 Å². The lowest BCUT2D eigenvalue weighted by molar-refractivity contribution is -0.120. The summed E-state index contributed by atoms with van der Waals surface area (Å²) in [5, 5.41) is 2.54. The van der Waals surface area contributed by atoms with Crippen LogP contribution in [0.4, 0.5) is 4.79 Å². The summed E-state index contributed by atoms with van der Waals surface area (Å²) in [6.45, 7) is 4.98. The third-order valence-electron chi connectivity index (χ3n) is 3.16. The Morgan fingerprint density at radius 1 is 1.14 bits per heavy atom. The summed E-state index contributed by atoms with van der Waals surface area (Å²) >= 11 is 0. The highest BCUT2D eigenvalue weighted by Gasteiger charge is 2.29. The van der Waals surface area contributed by atoms with Crippen LogP contribution in [0, 0.1) is 0 Å². The van der Waals surface area contributed by atoms with Crippen molar-refractivity contribution >= 4 is 22.0 Å². The van der Waals surface area contributed by atoms with E-state index in [1.54, 1.807) is 13.8 Å². The Bertz CT molecular complexity index is 458. The second-order valence-corrected chi connectivity index (χ2v) is 6.69. The lowest BCUT2D eigenvalue weighted by atomic mass is 10.4. The first-order chi connectivity index (χ1) is 9.90. The Kier molecular flexibility index (Phi) is 6.90. The quantitative estimate of drug-likeness (QED) is 0.719. The standard InChI is InChI=1S/C12H23N3O5S/c1-3-11(16)13-5-10-21(18,19)15-8-6-14(7-9-15)12(17)20-4-2/h3-10H2,1-2H3,(H,13,16). The minimum Gasteiger partial charge on any atom is -0.450 e. The topological polar surface area (TPSA) is 96.0 Å². The average molecular weight is 321 g/mol. The molecule has 0 unspecified atom stereocenters. The number of piperazine rings is 1. The van der Waals surface area contributed by atoms with E-state index in [0.29, 0.717) is 26.1 Å². The molecular formula is C12H23N3O5S. The number of carbonyl (C=O) groups is 2. The number of ether oxygens (including phenoxy) is 1. The molecule has 1 aliphatic rings. The molecule has 0 aliphatic carbocycles. The predicted molar refractivity (Wildman–Crippen MR) is 77.3 cm³/mol. The highest BCUT2D eigenvalue weighted by molar-refractivity contribution is 7.89. The molecule has 0 aromatic rings. The molecule has 1 rings (SSSR count). The molecule has 9 heteroatoms. The molecule has 0 bridgehead atoms. The first-order valence-corrected chi connectivity index (χ1v) is 8.67. The van der Waals surface area contributed by atoms with Gasteiger partial charge in [0.25, 0.3) is 0 Å². The monoisotopic (exact) mass is 321 g/mol. The lowest BCUT2D eigenvalue weighted by Crippen LogP contribution is -2.51. The Morgan fingerprint density at radius 2 is 1.76 bits per heavy atom. The fraction of sp³-hybridized carbons (Fsp3) is 0.833. The van der Waals surface area contributed by atoms with Gasteiger partial charge in [-0.15, -0.1) is 0 Å². The molecule has 1 N–H and O–H groups in total. The number of rotatable bonds is 6. The number of hydrogen-bond donors (Lipinski definition) is 1. The maximum atomic E-state index is 12.1. The normalized spacial score (nSPS) is 16.6. The van der Waals surface area contributed by atoms with Crippen LogP contribution < -0.4 is 5.32 Å². The zero-order valence-electron chi connectivity index (χ0n) is 12.5. The van der Waals surface area contributed by atoms with Crippen LogP contribution in [-0.2, 0) is 19.6 Å². The molecule has 0 aromatic carbocycles.